The summed E-state index contributed by atoms with van der Waals surface area (Å²) in [4.78, 5) is 11.2. The van der Waals surface area contributed by atoms with Crippen molar-refractivity contribution in [2.75, 3.05) is 18.4 Å². The van der Waals surface area contributed by atoms with Crippen molar-refractivity contribution >= 4 is 46.4 Å². The van der Waals surface area contributed by atoms with E-state index in [-0.39, 0.29) is 15.7 Å². The second kappa shape index (κ2) is 6.54. The fraction of sp³-hybridized carbons (Fsp3) is 0.300. The standard InChI is InChI=1S/C10H8Cl3F3N2O/c11-5-1-6(12)9(7(13)2-5)17-3-8(19)18-4-10(14,15)16/h1-2,17H,3-4H2,(H,18,19). The molecule has 0 bridgehead atoms. The molecule has 0 radical (unpaired) electrons. The average molecular weight is 336 g/mol. The topological polar surface area (TPSA) is 41.1 Å². The van der Waals surface area contributed by atoms with Crippen molar-refractivity contribution in [3.05, 3.63) is 27.2 Å². The lowest BCUT2D eigenvalue weighted by Gasteiger charge is -2.12. The van der Waals surface area contributed by atoms with Crippen LogP contribution in [0.5, 0.6) is 0 Å². The van der Waals surface area contributed by atoms with Gasteiger partial charge in [-0.3, -0.25) is 4.79 Å². The highest BCUT2D eigenvalue weighted by Crippen LogP contribution is 2.33. The second-order valence-electron chi connectivity index (χ2n) is 3.49. The van der Waals surface area contributed by atoms with Gasteiger partial charge in [0.25, 0.3) is 0 Å². The van der Waals surface area contributed by atoms with Crippen molar-refractivity contribution in [2.45, 2.75) is 6.18 Å². The van der Waals surface area contributed by atoms with Crippen LogP contribution >= 0.6 is 34.8 Å². The van der Waals surface area contributed by atoms with E-state index in [0.717, 1.165) is 0 Å². The first-order valence-corrected chi connectivity index (χ1v) is 6.04. The predicted molar refractivity (Wildman–Crippen MR) is 69.0 cm³/mol. The van der Waals surface area contributed by atoms with Gasteiger partial charge in [0, 0.05) is 5.02 Å². The Morgan fingerprint density at radius 2 is 1.68 bits per heavy atom. The van der Waals surface area contributed by atoms with Crippen LogP contribution in [0.3, 0.4) is 0 Å². The van der Waals surface area contributed by atoms with Crippen LogP contribution in [0.1, 0.15) is 0 Å². The molecule has 0 aromatic heterocycles. The SMILES string of the molecule is O=C(CNc1c(Cl)cc(Cl)cc1Cl)NCC(F)(F)F. The van der Waals surface area contributed by atoms with Crippen LogP contribution in [0.2, 0.25) is 15.1 Å². The van der Waals surface area contributed by atoms with Gasteiger partial charge >= 0.3 is 6.18 Å². The lowest BCUT2D eigenvalue weighted by atomic mass is 10.3. The molecule has 1 rings (SSSR count). The molecule has 1 aromatic carbocycles. The van der Waals surface area contributed by atoms with E-state index in [4.69, 9.17) is 34.8 Å². The van der Waals surface area contributed by atoms with Gasteiger partial charge in [0.1, 0.15) is 6.54 Å². The summed E-state index contributed by atoms with van der Waals surface area (Å²) in [7, 11) is 0. The van der Waals surface area contributed by atoms with Gasteiger partial charge in [0.05, 0.1) is 22.3 Å². The van der Waals surface area contributed by atoms with Crippen molar-refractivity contribution in [3.63, 3.8) is 0 Å². The minimum Gasteiger partial charge on any atom is -0.374 e. The van der Waals surface area contributed by atoms with Crippen LogP contribution in [-0.4, -0.2) is 25.2 Å². The number of alkyl halides is 3. The molecule has 19 heavy (non-hydrogen) atoms. The van der Waals surface area contributed by atoms with Gasteiger partial charge in [-0.25, -0.2) is 0 Å². The molecule has 106 valence electrons. The van der Waals surface area contributed by atoms with E-state index in [2.05, 4.69) is 5.32 Å². The molecular weight excluding hydrogens is 327 g/mol. The van der Waals surface area contributed by atoms with E-state index in [1.54, 1.807) is 5.32 Å². The van der Waals surface area contributed by atoms with Crippen LogP contribution in [0, 0.1) is 0 Å². The van der Waals surface area contributed by atoms with Crippen molar-refractivity contribution in [1.82, 2.24) is 5.32 Å². The number of rotatable bonds is 4. The Kier molecular flexibility index (Phi) is 5.58. The lowest BCUT2D eigenvalue weighted by Crippen LogP contribution is -2.37. The number of carbonyl (C=O) groups is 1. The van der Waals surface area contributed by atoms with Crippen LogP contribution in [0.15, 0.2) is 12.1 Å². The van der Waals surface area contributed by atoms with Crippen LogP contribution < -0.4 is 10.6 Å². The summed E-state index contributed by atoms with van der Waals surface area (Å²) >= 11 is 17.3. The van der Waals surface area contributed by atoms with Crippen LogP contribution in [-0.2, 0) is 4.79 Å². The van der Waals surface area contributed by atoms with Gasteiger partial charge < -0.3 is 10.6 Å². The Morgan fingerprint density at radius 1 is 1.16 bits per heavy atom. The van der Waals surface area contributed by atoms with Gasteiger partial charge in [0.2, 0.25) is 5.91 Å². The summed E-state index contributed by atoms with van der Waals surface area (Å²) < 4.78 is 35.6. The highest BCUT2D eigenvalue weighted by atomic mass is 35.5. The largest absolute Gasteiger partial charge is 0.405 e. The Labute approximate surface area is 122 Å². The minimum absolute atomic E-state index is 0.168. The molecular formula is C10H8Cl3F3N2O. The third-order valence-corrected chi connectivity index (χ3v) is 2.73. The predicted octanol–water partition coefficient (Wildman–Crippen LogP) is 3.74. The molecule has 0 aliphatic carbocycles. The molecule has 0 heterocycles. The molecule has 0 aliphatic rings. The number of carbonyl (C=O) groups excluding carboxylic acids is 1. The first kappa shape index (κ1) is 16.2. The monoisotopic (exact) mass is 334 g/mol. The minimum atomic E-state index is -4.45. The quantitative estimate of drug-likeness (QED) is 0.880. The number of benzene rings is 1. The molecule has 1 aromatic rings. The third-order valence-electron chi connectivity index (χ3n) is 1.92. The Hall–Kier alpha value is -0.850. The second-order valence-corrected chi connectivity index (χ2v) is 4.74. The van der Waals surface area contributed by atoms with E-state index >= 15 is 0 Å². The number of anilines is 1. The Balaban J connectivity index is 2.56. The third kappa shape index (κ3) is 5.76. The highest BCUT2D eigenvalue weighted by Gasteiger charge is 2.27. The summed E-state index contributed by atoms with van der Waals surface area (Å²) in [6.45, 7) is -1.78. The van der Waals surface area contributed by atoms with Crippen molar-refractivity contribution < 1.29 is 18.0 Å². The molecule has 0 atom stereocenters. The van der Waals surface area contributed by atoms with E-state index < -0.39 is 25.2 Å². The van der Waals surface area contributed by atoms with Gasteiger partial charge in [-0.05, 0) is 12.1 Å². The zero-order valence-electron chi connectivity index (χ0n) is 9.24. The maximum absolute atomic E-state index is 11.9. The summed E-state index contributed by atoms with van der Waals surface area (Å²) in [6.07, 6.45) is -4.45. The maximum atomic E-state index is 11.9. The maximum Gasteiger partial charge on any atom is 0.405 e. The smallest absolute Gasteiger partial charge is 0.374 e. The first-order chi connectivity index (χ1) is 8.69. The molecule has 0 unspecified atom stereocenters. The van der Waals surface area contributed by atoms with Gasteiger partial charge in [0.15, 0.2) is 0 Å². The zero-order valence-corrected chi connectivity index (χ0v) is 11.5. The molecule has 3 nitrogen and oxygen atoms in total. The van der Waals surface area contributed by atoms with Gasteiger partial charge in [-0.2, -0.15) is 13.2 Å². The summed E-state index contributed by atoms with van der Waals surface area (Å²) in [5.74, 6) is -0.834. The van der Waals surface area contributed by atoms with Crippen molar-refractivity contribution in [3.8, 4) is 0 Å². The average Bonchev–Trinajstić information content (AvgIpc) is 2.23. The van der Waals surface area contributed by atoms with Crippen LogP contribution in [0.4, 0.5) is 18.9 Å². The molecule has 0 fully saturated rings. The van der Waals surface area contributed by atoms with Gasteiger partial charge in [-0.15, -0.1) is 0 Å². The highest BCUT2D eigenvalue weighted by molar-refractivity contribution is 6.41. The number of hydrogen-bond donors (Lipinski definition) is 2. The summed E-state index contributed by atoms with van der Waals surface area (Å²) in [5.41, 5.74) is 0.231. The number of halogens is 6. The molecule has 1 amide bonds. The fourth-order valence-electron chi connectivity index (χ4n) is 1.14. The van der Waals surface area contributed by atoms with E-state index in [0.29, 0.717) is 5.02 Å². The van der Waals surface area contributed by atoms with E-state index in [1.807, 2.05) is 0 Å². The van der Waals surface area contributed by atoms with Crippen molar-refractivity contribution in [2.24, 2.45) is 0 Å². The normalized spacial score (nSPS) is 11.3. The molecule has 2 N–H and O–H groups in total. The lowest BCUT2D eigenvalue weighted by molar-refractivity contribution is -0.137. The molecule has 0 aliphatic heterocycles. The summed E-state index contributed by atoms with van der Waals surface area (Å²) in [6, 6.07) is 2.79. The first-order valence-electron chi connectivity index (χ1n) is 4.91. The van der Waals surface area contributed by atoms with Crippen molar-refractivity contribution in [1.29, 1.82) is 0 Å². The van der Waals surface area contributed by atoms with Crippen LogP contribution in [0.25, 0.3) is 0 Å². The molecule has 0 saturated carbocycles. The fourth-order valence-corrected chi connectivity index (χ4v) is 2.09. The zero-order chi connectivity index (χ0) is 14.6. The molecule has 0 spiro atoms. The summed E-state index contributed by atoms with van der Waals surface area (Å²) in [5, 5.41) is 4.89. The molecule has 9 heteroatoms. The Morgan fingerprint density at radius 3 is 2.16 bits per heavy atom. The van der Waals surface area contributed by atoms with E-state index in [1.165, 1.54) is 12.1 Å². The number of nitrogens with one attached hydrogen (secondary N) is 2. The molecule has 0 saturated heterocycles. The number of hydrogen-bond acceptors (Lipinski definition) is 2. The van der Waals surface area contributed by atoms with E-state index in [9.17, 15) is 18.0 Å². The number of amides is 1. The Bertz CT molecular complexity index is 457. The van der Waals surface area contributed by atoms with Gasteiger partial charge in [-0.1, -0.05) is 34.8 Å².